The molecule has 3 heteroatoms. The van der Waals surface area contributed by atoms with Crippen LogP contribution in [-0.4, -0.2) is 31.8 Å². The van der Waals surface area contributed by atoms with Crippen LogP contribution in [0.15, 0.2) is 24.3 Å². The molecule has 1 aromatic rings. The van der Waals surface area contributed by atoms with Crippen LogP contribution in [0.5, 0.6) is 0 Å². The van der Waals surface area contributed by atoms with Crippen LogP contribution in [0.2, 0.25) is 0 Å². The Bertz CT molecular complexity index is 482. The van der Waals surface area contributed by atoms with Crippen molar-refractivity contribution in [2.24, 2.45) is 5.92 Å². The number of para-hydroxylation sites is 1. The van der Waals surface area contributed by atoms with Gasteiger partial charge in [-0.1, -0.05) is 18.2 Å². The van der Waals surface area contributed by atoms with Gasteiger partial charge in [0.05, 0.1) is 5.60 Å². The zero-order valence-corrected chi connectivity index (χ0v) is 13.6. The predicted molar refractivity (Wildman–Crippen MR) is 87.7 cm³/mol. The molecule has 0 aromatic heterocycles. The van der Waals surface area contributed by atoms with E-state index in [0.717, 1.165) is 32.0 Å². The molecule has 2 aliphatic rings. The molecule has 1 saturated carbocycles. The second-order valence-electron chi connectivity index (χ2n) is 7.11. The van der Waals surface area contributed by atoms with E-state index in [2.05, 4.69) is 48.3 Å². The fraction of sp³-hybridized carbons (Fsp3) is 0.667. The van der Waals surface area contributed by atoms with Crippen LogP contribution in [0.4, 0.5) is 5.69 Å². The van der Waals surface area contributed by atoms with E-state index >= 15 is 0 Å². The van der Waals surface area contributed by atoms with Gasteiger partial charge in [0.15, 0.2) is 0 Å². The molecule has 3 nitrogen and oxygen atoms in total. The van der Waals surface area contributed by atoms with Gasteiger partial charge in [-0.15, -0.1) is 0 Å². The van der Waals surface area contributed by atoms with E-state index in [0.29, 0.717) is 6.04 Å². The lowest BCUT2D eigenvalue weighted by molar-refractivity contribution is 0.0171. The van der Waals surface area contributed by atoms with E-state index in [1.54, 1.807) is 0 Å². The van der Waals surface area contributed by atoms with Gasteiger partial charge in [-0.25, -0.2) is 0 Å². The van der Waals surface area contributed by atoms with Crippen LogP contribution < -0.4 is 10.2 Å². The van der Waals surface area contributed by atoms with Crippen LogP contribution in [-0.2, 0) is 11.3 Å². The Morgan fingerprint density at radius 3 is 2.76 bits per heavy atom. The number of benzene rings is 1. The number of nitrogens with zero attached hydrogens (tertiary/aromatic N) is 1. The van der Waals surface area contributed by atoms with Crippen molar-refractivity contribution in [2.45, 2.75) is 51.3 Å². The number of ether oxygens (including phenoxy) is 1. The van der Waals surface area contributed by atoms with E-state index in [4.69, 9.17) is 4.74 Å². The van der Waals surface area contributed by atoms with Crippen LogP contribution in [0.25, 0.3) is 0 Å². The molecule has 3 rings (SSSR count). The third kappa shape index (κ3) is 3.58. The first-order valence-electron chi connectivity index (χ1n) is 8.20. The van der Waals surface area contributed by atoms with E-state index < -0.39 is 0 Å². The monoisotopic (exact) mass is 288 g/mol. The molecular weight excluding hydrogens is 260 g/mol. The standard InChI is InChI=1S/C18H28N2O/c1-18(2,21-3)10-11-20-13-16(14-8-9-14)19-12-15-6-4-5-7-17(15)20/h4-7,14,16,19H,8-13H2,1-3H3. The Balaban J connectivity index is 1.76. The molecule has 0 spiro atoms. The van der Waals surface area contributed by atoms with Gasteiger partial charge in [0, 0.05) is 38.5 Å². The van der Waals surface area contributed by atoms with Gasteiger partial charge in [0.2, 0.25) is 0 Å². The Labute approximate surface area is 128 Å². The van der Waals surface area contributed by atoms with Crippen LogP contribution >= 0.6 is 0 Å². The minimum absolute atomic E-state index is 0.0518. The summed E-state index contributed by atoms with van der Waals surface area (Å²) in [6, 6.07) is 9.47. The molecule has 21 heavy (non-hydrogen) atoms. The number of fused-ring (bicyclic) bond motifs is 1. The maximum Gasteiger partial charge on any atom is 0.0639 e. The zero-order valence-electron chi connectivity index (χ0n) is 13.6. The molecule has 0 saturated heterocycles. The second kappa shape index (κ2) is 5.98. The molecule has 1 aliphatic heterocycles. The van der Waals surface area contributed by atoms with E-state index in [1.165, 1.54) is 24.1 Å². The highest BCUT2D eigenvalue weighted by Crippen LogP contribution is 2.36. The molecule has 1 unspecified atom stereocenters. The lowest BCUT2D eigenvalue weighted by atomic mass is 10.0. The Morgan fingerprint density at radius 2 is 2.05 bits per heavy atom. The number of rotatable bonds is 5. The van der Waals surface area contributed by atoms with E-state index in [1.807, 2.05) is 7.11 Å². The Hall–Kier alpha value is -1.06. The molecule has 0 amide bonds. The fourth-order valence-corrected chi connectivity index (χ4v) is 3.14. The van der Waals surface area contributed by atoms with Gasteiger partial charge in [-0.3, -0.25) is 0 Å². The van der Waals surface area contributed by atoms with Crippen LogP contribution in [0, 0.1) is 5.92 Å². The van der Waals surface area contributed by atoms with Crippen LogP contribution in [0.1, 0.15) is 38.7 Å². The van der Waals surface area contributed by atoms with Crippen molar-refractivity contribution in [1.82, 2.24) is 5.32 Å². The molecule has 0 radical (unpaired) electrons. The summed E-state index contributed by atoms with van der Waals surface area (Å²) in [5.41, 5.74) is 2.78. The maximum atomic E-state index is 5.59. The quantitative estimate of drug-likeness (QED) is 0.900. The molecule has 0 bridgehead atoms. The third-order valence-corrected chi connectivity index (χ3v) is 5.03. The highest BCUT2D eigenvalue weighted by Gasteiger charge is 2.34. The van der Waals surface area contributed by atoms with Crippen molar-refractivity contribution in [2.75, 3.05) is 25.1 Å². The topological polar surface area (TPSA) is 24.5 Å². The minimum Gasteiger partial charge on any atom is -0.379 e. The average molecular weight is 288 g/mol. The van der Waals surface area contributed by atoms with Crippen molar-refractivity contribution < 1.29 is 4.74 Å². The summed E-state index contributed by atoms with van der Waals surface area (Å²) in [5.74, 6) is 0.886. The first-order chi connectivity index (χ1) is 10.1. The Kier molecular flexibility index (Phi) is 4.23. The highest BCUT2D eigenvalue weighted by atomic mass is 16.5. The average Bonchev–Trinajstić information content (AvgIpc) is 3.32. The normalized spacial score (nSPS) is 22.8. The van der Waals surface area contributed by atoms with E-state index in [-0.39, 0.29) is 5.60 Å². The van der Waals surface area contributed by atoms with Gasteiger partial charge in [-0.05, 0) is 50.7 Å². The third-order valence-electron chi connectivity index (χ3n) is 5.03. The lowest BCUT2D eigenvalue weighted by Crippen LogP contribution is -2.41. The first kappa shape index (κ1) is 14.9. The van der Waals surface area contributed by atoms with Crippen LogP contribution in [0.3, 0.4) is 0 Å². The molecule has 1 fully saturated rings. The van der Waals surface area contributed by atoms with Crippen molar-refractivity contribution in [3.63, 3.8) is 0 Å². The molecule has 1 aromatic carbocycles. The summed E-state index contributed by atoms with van der Waals surface area (Å²) in [5, 5.41) is 3.77. The number of hydrogen-bond donors (Lipinski definition) is 1. The Morgan fingerprint density at radius 1 is 1.29 bits per heavy atom. The summed E-state index contributed by atoms with van der Waals surface area (Å²) in [6.07, 6.45) is 3.84. The number of anilines is 1. The molecule has 116 valence electrons. The SMILES string of the molecule is COC(C)(C)CCN1CC(C2CC2)NCc2ccccc21. The molecule has 1 aliphatic carbocycles. The van der Waals surface area contributed by atoms with Gasteiger partial charge < -0.3 is 15.0 Å². The lowest BCUT2D eigenvalue weighted by Gasteiger charge is -2.31. The number of methoxy groups -OCH3 is 1. The molecule has 1 N–H and O–H groups in total. The van der Waals surface area contributed by atoms with Crippen molar-refractivity contribution in [3.8, 4) is 0 Å². The molecular formula is C18H28N2O. The maximum absolute atomic E-state index is 5.59. The molecule has 1 heterocycles. The summed E-state index contributed by atoms with van der Waals surface area (Å²) in [6.45, 7) is 7.53. The number of hydrogen-bond acceptors (Lipinski definition) is 3. The minimum atomic E-state index is -0.0518. The smallest absolute Gasteiger partial charge is 0.0639 e. The van der Waals surface area contributed by atoms with Gasteiger partial charge in [0.25, 0.3) is 0 Å². The summed E-state index contributed by atoms with van der Waals surface area (Å²) in [7, 11) is 1.81. The summed E-state index contributed by atoms with van der Waals surface area (Å²) in [4.78, 5) is 2.57. The number of nitrogens with one attached hydrogen (secondary N) is 1. The van der Waals surface area contributed by atoms with Gasteiger partial charge >= 0.3 is 0 Å². The van der Waals surface area contributed by atoms with Gasteiger partial charge in [-0.2, -0.15) is 0 Å². The largest absolute Gasteiger partial charge is 0.379 e. The summed E-state index contributed by atoms with van der Waals surface area (Å²) >= 11 is 0. The zero-order chi connectivity index (χ0) is 14.9. The van der Waals surface area contributed by atoms with Gasteiger partial charge in [0.1, 0.15) is 0 Å². The van der Waals surface area contributed by atoms with Crippen molar-refractivity contribution in [1.29, 1.82) is 0 Å². The predicted octanol–water partition coefficient (Wildman–Crippen LogP) is 3.19. The van der Waals surface area contributed by atoms with Crippen molar-refractivity contribution in [3.05, 3.63) is 29.8 Å². The molecule has 1 atom stereocenters. The fourth-order valence-electron chi connectivity index (χ4n) is 3.14. The highest BCUT2D eigenvalue weighted by molar-refractivity contribution is 5.54. The second-order valence-corrected chi connectivity index (χ2v) is 7.11. The summed E-state index contributed by atoms with van der Waals surface area (Å²) < 4.78 is 5.59. The first-order valence-corrected chi connectivity index (χ1v) is 8.20. The van der Waals surface area contributed by atoms with E-state index in [9.17, 15) is 0 Å². The van der Waals surface area contributed by atoms with Crippen molar-refractivity contribution >= 4 is 5.69 Å².